The van der Waals surface area contributed by atoms with Crippen LogP contribution in [0, 0.1) is 5.41 Å². The highest BCUT2D eigenvalue weighted by Gasteiger charge is 2.50. The maximum Gasteiger partial charge on any atom is 0.268 e. The summed E-state index contributed by atoms with van der Waals surface area (Å²) in [5.41, 5.74) is 0.614. The van der Waals surface area contributed by atoms with E-state index in [0.717, 1.165) is 41.7 Å². The molecule has 3 atom stereocenters. The highest BCUT2D eigenvalue weighted by Crippen LogP contribution is 2.43. The minimum Gasteiger partial charge on any atom is -0.376 e. The molecule has 2 fully saturated rings. The lowest BCUT2D eigenvalue weighted by atomic mass is 9.73. The molecular weight excluding hydrogens is 544 g/mol. The second-order valence-electron chi connectivity index (χ2n) is 11.3. The summed E-state index contributed by atoms with van der Waals surface area (Å²) in [6.07, 6.45) is 5.24. The summed E-state index contributed by atoms with van der Waals surface area (Å²) >= 11 is 7.96. The van der Waals surface area contributed by atoms with Gasteiger partial charge in [-0.15, -0.1) is 0 Å². The van der Waals surface area contributed by atoms with Crippen molar-refractivity contribution >= 4 is 51.2 Å². The van der Waals surface area contributed by atoms with Gasteiger partial charge in [-0.1, -0.05) is 23.4 Å². The van der Waals surface area contributed by atoms with E-state index >= 15 is 0 Å². The first-order chi connectivity index (χ1) is 17.9. The average molecular weight is 579 g/mol. The van der Waals surface area contributed by atoms with Crippen LogP contribution >= 0.6 is 23.4 Å². The molecule has 5 rings (SSSR count). The largest absolute Gasteiger partial charge is 0.376 e. The molecule has 0 radical (unpaired) electrons. The fourth-order valence-electron chi connectivity index (χ4n) is 5.34. The molecule has 1 spiro atoms. The standard InChI is InChI=1S/C26H35ClN6O3S2/c1-16-22(30-38(35)25(2,3)4)26(15-36-16)9-11-33(12-10-26)24-28-13-20(23(34)32(24)6)37-19-8-7-18-17(21(19)27)14-31(5)29-18/h7-8,13-14,16,22,30H,9-12,15H2,1-6H3/t16-,22+,38+/m0/s1. The predicted octanol–water partition coefficient (Wildman–Crippen LogP) is 3.90. The second-order valence-corrected chi connectivity index (χ2v) is 14.8. The van der Waals surface area contributed by atoms with E-state index in [9.17, 15) is 9.00 Å². The molecule has 9 nitrogen and oxygen atoms in total. The summed E-state index contributed by atoms with van der Waals surface area (Å²) in [7, 11) is 2.45. The molecule has 2 aliphatic rings. The summed E-state index contributed by atoms with van der Waals surface area (Å²) in [5, 5.41) is 5.82. The Labute approximate surface area is 234 Å². The minimum absolute atomic E-state index is 0.00986. The Morgan fingerprint density at radius 2 is 1.92 bits per heavy atom. The zero-order chi connectivity index (χ0) is 27.4. The van der Waals surface area contributed by atoms with Gasteiger partial charge in [0.1, 0.15) is 0 Å². The van der Waals surface area contributed by atoms with E-state index in [0.29, 0.717) is 22.5 Å². The maximum atomic E-state index is 13.3. The van der Waals surface area contributed by atoms with Crippen LogP contribution in [0.15, 0.2) is 39.1 Å². The highest BCUT2D eigenvalue weighted by molar-refractivity contribution is 7.99. The number of benzene rings is 1. The molecule has 1 aromatic carbocycles. The van der Waals surface area contributed by atoms with Gasteiger partial charge in [-0.05, 0) is 52.7 Å². The molecule has 2 aliphatic heterocycles. The SMILES string of the molecule is C[C@@H]1OCC2(CCN(c3ncc(Sc4ccc5nn(C)cc5c4Cl)c(=O)n3C)CC2)[C@@H]1N[S@](=O)C(C)(C)C. The average Bonchev–Trinajstić information content (AvgIpc) is 3.39. The van der Waals surface area contributed by atoms with Crippen molar-refractivity contribution in [2.75, 3.05) is 24.6 Å². The normalized spacial score (nSPS) is 22.4. The van der Waals surface area contributed by atoms with Crippen LogP contribution in [-0.4, -0.2) is 60.1 Å². The number of aromatic nitrogens is 4. The first-order valence-electron chi connectivity index (χ1n) is 12.8. The van der Waals surface area contributed by atoms with Gasteiger partial charge in [0, 0.05) is 49.1 Å². The maximum absolute atomic E-state index is 13.3. The van der Waals surface area contributed by atoms with Crippen LogP contribution in [-0.2, 0) is 29.8 Å². The van der Waals surface area contributed by atoms with Crippen LogP contribution in [0.25, 0.3) is 10.9 Å². The number of nitrogens with one attached hydrogen (secondary N) is 1. The molecule has 0 amide bonds. The summed E-state index contributed by atoms with van der Waals surface area (Å²) in [4.78, 5) is 21.5. The third-order valence-corrected chi connectivity index (χ3v) is 10.8. The molecule has 12 heteroatoms. The highest BCUT2D eigenvalue weighted by atomic mass is 35.5. The van der Waals surface area contributed by atoms with Crippen molar-refractivity contribution in [2.45, 2.75) is 67.2 Å². The van der Waals surface area contributed by atoms with E-state index < -0.39 is 11.0 Å². The second kappa shape index (κ2) is 10.2. The predicted molar refractivity (Wildman–Crippen MR) is 153 cm³/mol. The van der Waals surface area contributed by atoms with E-state index in [4.69, 9.17) is 21.3 Å². The fraction of sp³-hybridized carbons (Fsp3) is 0.577. The monoisotopic (exact) mass is 578 g/mol. The molecule has 2 saturated heterocycles. The molecule has 0 aliphatic carbocycles. The van der Waals surface area contributed by atoms with E-state index in [1.54, 1.807) is 22.5 Å². The van der Waals surface area contributed by atoms with Gasteiger partial charge in [0.15, 0.2) is 0 Å². The molecular formula is C26H35ClN6O3S2. The zero-order valence-electron chi connectivity index (χ0n) is 22.7. The molecule has 3 aromatic rings. The molecule has 0 saturated carbocycles. The number of halogens is 1. The van der Waals surface area contributed by atoms with Crippen LogP contribution < -0.4 is 15.2 Å². The van der Waals surface area contributed by atoms with Gasteiger partial charge in [0.25, 0.3) is 5.56 Å². The quantitative estimate of drug-likeness (QED) is 0.491. The van der Waals surface area contributed by atoms with Crippen molar-refractivity contribution < 1.29 is 8.95 Å². The van der Waals surface area contributed by atoms with Crippen molar-refractivity contribution in [3.05, 3.63) is 39.9 Å². The summed E-state index contributed by atoms with van der Waals surface area (Å²) in [6, 6.07) is 3.82. The number of ether oxygens (including phenoxy) is 1. The van der Waals surface area contributed by atoms with Crippen LogP contribution in [0.4, 0.5) is 5.95 Å². The molecule has 1 N–H and O–H groups in total. The van der Waals surface area contributed by atoms with E-state index in [2.05, 4.69) is 21.6 Å². The van der Waals surface area contributed by atoms with E-state index in [-0.39, 0.29) is 27.9 Å². The lowest BCUT2D eigenvalue weighted by Gasteiger charge is -2.43. The smallest absolute Gasteiger partial charge is 0.268 e. The van der Waals surface area contributed by atoms with Gasteiger partial charge in [-0.2, -0.15) is 5.10 Å². The summed E-state index contributed by atoms with van der Waals surface area (Å²) in [5.74, 6) is 0.651. The lowest BCUT2D eigenvalue weighted by Crippen LogP contribution is -2.55. The number of fused-ring (bicyclic) bond motifs is 1. The first-order valence-corrected chi connectivity index (χ1v) is 15.1. The van der Waals surface area contributed by atoms with Gasteiger partial charge < -0.3 is 9.64 Å². The number of piperidine rings is 1. The van der Waals surface area contributed by atoms with Crippen molar-refractivity contribution in [1.82, 2.24) is 24.1 Å². The lowest BCUT2D eigenvalue weighted by molar-refractivity contribution is 0.0972. The molecule has 206 valence electrons. The van der Waals surface area contributed by atoms with Crippen molar-refractivity contribution in [3.8, 4) is 0 Å². The first kappa shape index (κ1) is 27.6. The Kier molecular flexibility index (Phi) is 7.45. The summed E-state index contributed by atoms with van der Waals surface area (Å²) < 4.78 is 25.3. The Bertz CT molecular complexity index is 1440. The Morgan fingerprint density at radius 1 is 1.21 bits per heavy atom. The van der Waals surface area contributed by atoms with Crippen molar-refractivity contribution in [3.63, 3.8) is 0 Å². The zero-order valence-corrected chi connectivity index (χ0v) is 25.0. The van der Waals surface area contributed by atoms with E-state index in [1.165, 1.54) is 11.8 Å². The van der Waals surface area contributed by atoms with E-state index in [1.807, 2.05) is 46.1 Å². The number of rotatable bonds is 5. The van der Waals surface area contributed by atoms with Gasteiger partial charge in [0.2, 0.25) is 5.95 Å². The third-order valence-electron chi connectivity index (χ3n) is 7.63. The Balaban J connectivity index is 1.32. The van der Waals surface area contributed by atoms with Crippen LogP contribution in [0.5, 0.6) is 0 Å². The number of hydrogen-bond acceptors (Lipinski definition) is 7. The van der Waals surface area contributed by atoms with Gasteiger partial charge in [-0.25, -0.2) is 13.9 Å². The van der Waals surface area contributed by atoms with Gasteiger partial charge in [0.05, 0.1) is 56.1 Å². The molecule has 0 bridgehead atoms. The molecule has 4 heterocycles. The third kappa shape index (κ3) is 5.03. The van der Waals surface area contributed by atoms with Crippen LogP contribution in [0.3, 0.4) is 0 Å². The fourth-order valence-corrected chi connectivity index (χ4v) is 7.59. The topological polar surface area (TPSA) is 94.3 Å². The van der Waals surface area contributed by atoms with Crippen LogP contribution in [0.2, 0.25) is 5.02 Å². The van der Waals surface area contributed by atoms with Crippen LogP contribution in [0.1, 0.15) is 40.5 Å². The minimum atomic E-state index is -1.17. The number of nitrogens with zero attached hydrogens (tertiary/aromatic N) is 5. The number of anilines is 1. The summed E-state index contributed by atoms with van der Waals surface area (Å²) in [6.45, 7) is 10.1. The van der Waals surface area contributed by atoms with Crippen molar-refractivity contribution in [2.24, 2.45) is 19.5 Å². The molecule has 0 unspecified atom stereocenters. The van der Waals surface area contributed by atoms with Gasteiger partial charge in [-0.3, -0.25) is 14.0 Å². The molecule has 38 heavy (non-hydrogen) atoms. The number of aryl methyl sites for hydroxylation is 1. The van der Waals surface area contributed by atoms with Crippen molar-refractivity contribution in [1.29, 1.82) is 0 Å². The number of hydrogen-bond donors (Lipinski definition) is 1. The Morgan fingerprint density at radius 3 is 2.61 bits per heavy atom. The Hall–Kier alpha value is -1.92. The van der Waals surface area contributed by atoms with Gasteiger partial charge >= 0.3 is 0 Å². The molecule has 2 aromatic heterocycles.